The van der Waals surface area contributed by atoms with Crippen molar-refractivity contribution in [2.75, 3.05) is 11.1 Å². The third kappa shape index (κ3) is 2.14. The van der Waals surface area contributed by atoms with Crippen LogP contribution >= 0.6 is 0 Å². The lowest BCUT2D eigenvalue weighted by molar-refractivity contribution is 0.102. The number of furan rings is 1. The van der Waals surface area contributed by atoms with Crippen LogP contribution in [0.4, 0.5) is 11.6 Å². The van der Waals surface area contributed by atoms with Gasteiger partial charge in [0, 0.05) is 0 Å². The van der Waals surface area contributed by atoms with Gasteiger partial charge >= 0.3 is 0 Å². The van der Waals surface area contributed by atoms with Gasteiger partial charge in [-0.2, -0.15) is 0 Å². The highest BCUT2D eigenvalue weighted by Gasteiger charge is 2.07. The van der Waals surface area contributed by atoms with E-state index in [-0.39, 0.29) is 5.91 Å². The Labute approximate surface area is 85.9 Å². The van der Waals surface area contributed by atoms with E-state index in [1.807, 2.05) is 0 Å². The normalized spacial score (nSPS) is 9.87. The minimum absolute atomic E-state index is 0.276. The molecule has 3 N–H and O–H groups in total. The van der Waals surface area contributed by atoms with Gasteiger partial charge in [-0.15, -0.1) is 0 Å². The second kappa shape index (κ2) is 3.83. The highest BCUT2D eigenvalue weighted by atomic mass is 16.3. The Kier molecular flexibility index (Phi) is 2.37. The summed E-state index contributed by atoms with van der Waals surface area (Å²) in [7, 11) is 0. The average molecular weight is 203 g/mol. The number of aromatic nitrogens is 1. The molecule has 0 saturated carbocycles. The summed E-state index contributed by atoms with van der Waals surface area (Å²) in [6.45, 7) is 0. The molecule has 0 unspecified atom stereocenters. The maximum absolute atomic E-state index is 11.5. The quantitative estimate of drug-likeness (QED) is 0.775. The summed E-state index contributed by atoms with van der Waals surface area (Å²) in [5.74, 6) is 0.503. The van der Waals surface area contributed by atoms with Crippen LogP contribution in [-0.2, 0) is 0 Å². The van der Waals surface area contributed by atoms with Crippen LogP contribution in [-0.4, -0.2) is 10.9 Å². The van der Waals surface area contributed by atoms with Gasteiger partial charge in [0.2, 0.25) is 0 Å². The van der Waals surface area contributed by atoms with Crippen molar-refractivity contribution in [1.82, 2.24) is 4.98 Å². The Morgan fingerprint density at radius 1 is 1.40 bits per heavy atom. The maximum Gasteiger partial charge on any atom is 0.260 e. The summed E-state index contributed by atoms with van der Waals surface area (Å²) >= 11 is 0. The lowest BCUT2D eigenvalue weighted by Gasteiger charge is -2.02. The number of nitrogen functional groups attached to an aromatic ring is 1. The van der Waals surface area contributed by atoms with Crippen LogP contribution in [0.2, 0.25) is 0 Å². The van der Waals surface area contributed by atoms with Crippen molar-refractivity contribution in [3.8, 4) is 0 Å². The first-order valence-electron chi connectivity index (χ1n) is 4.32. The van der Waals surface area contributed by atoms with Gasteiger partial charge in [0.25, 0.3) is 5.91 Å². The second-order valence-electron chi connectivity index (χ2n) is 2.91. The Morgan fingerprint density at radius 2 is 2.27 bits per heavy atom. The molecule has 0 fully saturated rings. The molecular formula is C10H9N3O2. The Bertz CT molecular complexity index is 465. The molecular weight excluding hydrogens is 194 g/mol. The van der Waals surface area contributed by atoms with Gasteiger partial charge in [-0.25, -0.2) is 4.98 Å². The zero-order chi connectivity index (χ0) is 10.7. The van der Waals surface area contributed by atoms with Gasteiger partial charge in [0.1, 0.15) is 17.9 Å². The molecule has 2 aromatic heterocycles. The van der Waals surface area contributed by atoms with Crippen molar-refractivity contribution in [3.63, 3.8) is 0 Å². The van der Waals surface area contributed by atoms with Crippen LogP contribution in [0.1, 0.15) is 10.4 Å². The van der Waals surface area contributed by atoms with Crippen LogP contribution in [0.3, 0.4) is 0 Å². The number of nitrogens with two attached hydrogens (primary N) is 1. The van der Waals surface area contributed by atoms with Crippen LogP contribution in [0.15, 0.2) is 41.2 Å². The molecule has 2 heterocycles. The summed E-state index contributed by atoms with van der Waals surface area (Å²) < 4.78 is 4.79. The Morgan fingerprint density at radius 3 is 2.93 bits per heavy atom. The lowest BCUT2D eigenvalue weighted by Crippen LogP contribution is -2.12. The van der Waals surface area contributed by atoms with Crippen LogP contribution < -0.4 is 11.1 Å². The standard InChI is InChI=1S/C10H9N3O2/c11-8-2-1-3-9(12-8)13-10(14)7-4-5-15-6-7/h1-6H,(H3,11,12,13,14). The fourth-order valence-electron chi connectivity index (χ4n) is 1.10. The third-order valence-corrected chi connectivity index (χ3v) is 1.80. The molecule has 2 aromatic rings. The Balaban J connectivity index is 2.13. The van der Waals surface area contributed by atoms with E-state index in [4.69, 9.17) is 10.2 Å². The van der Waals surface area contributed by atoms with Crippen molar-refractivity contribution < 1.29 is 9.21 Å². The van der Waals surface area contributed by atoms with Crippen LogP contribution in [0, 0.1) is 0 Å². The lowest BCUT2D eigenvalue weighted by atomic mass is 10.3. The van der Waals surface area contributed by atoms with E-state index >= 15 is 0 Å². The Hall–Kier alpha value is -2.30. The third-order valence-electron chi connectivity index (χ3n) is 1.80. The van der Waals surface area contributed by atoms with Gasteiger partial charge in [-0.1, -0.05) is 6.07 Å². The zero-order valence-electron chi connectivity index (χ0n) is 7.81. The van der Waals surface area contributed by atoms with Gasteiger partial charge in [0.05, 0.1) is 11.8 Å². The molecule has 0 spiro atoms. The molecule has 76 valence electrons. The van der Waals surface area contributed by atoms with E-state index in [1.165, 1.54) is 12.5 Å². The van der Waals surface area contributed by atoms with Gasteiger partial charge in [-0.05, 0) is 18.2 Å². The highest BCUT2D eigenvalue weighted by molar-refractivity contribution is 6.03. The predicted molar refractivity (Wildman–Crippen MR) is 55.3 cm³/mol. The number of hydrogen-bond donors (Lipinski definition) is 2. The molecule has 2 rings (SSSR count). The first-order chi connectivity index (χ1) is 7.25. The van der Waals surface area contributed by atoms with Crippen LogP contribution in [0.5, 0.6) is 0 Å². The number of pyridine rings is 1. The number of nitrogens with zero attached hydrogens (tertiary/aromatic N) is 1. The summed E-state index contributed by atoms with van der Waals surface area (Å²) in [5.41, 5.74) is 5.92. The van der Waals surface area contributed by atoms with Gasteiger partial charge in [-0.3, -0.25) is 4.79 Å². The molecule has 0 aliphatic carbocycles. The number of rotatable bonds is 2. The molecule has 15 heavy (non-hydrogen) atoms. The molecule has 0 radical (unpaired) electrons. The molecule has 1 amide bonds. The smallest absolute Gasteiger partial charge is 0.260 e. The fourth-order valence-corrected chi connectivity index (χ4v) is 1.10. The molecule has 0 aromatic carbocycles. The maximum atomic E-state index is 11.5. The van der Waals surface area contributed by atoms with E-state index in [2.05, 4.69) is 10.3 Å². The number of carbonyl (C=O) groups is 1. The molecule has 5 nitrogen and oxygen atoms in total. The molecule has 0 saturated heterocycles. The first kappa shape index (κ1) is 9.26. The average Bonchev–Trinajstić information content (AvgIpc) is 2.70. The first-order valence-corrected chi connectivity index (χ1v) is 4.32. The monoisotopic (exact) mass is 203 g/mol. The highest BCUT2D eigenvalue weighted by Crippen LogP contribution is 2.08. The van der Waals surface area contributed by atoms with Crippen molar-refractivity contribution in [3.05, 3.63) is 42.4 Å². The van der Waals surface area contributed by atoms with E-state index < -0.39 is 0 Å². The van der Waals surface area contributed by atoms with Gasteiger partial charge in [0.15, 0.2) is 0 Å². The molecule has 0 atom stereocenters. The minimum Gasteiger partial charge on any atom is -0.472 e. The number of hydrogen-bond acceptors (Lipinski definition) is 4. The van der Waals surface area contributed by atoms with E-state index in [1.54, 1.807) is 24.3 Å². The minimum atomic E-state index is -0.276. The van der Waals surface area contributed by atoms with E-state index in [9.17, 15) is 4.79 Å². The topological polar surface area (TPSA) is 81.1 Å². The molecule has 0 aliphatic heterocycles. The number of anilines is 2. The largest absolute Gasteiger partial charge is 0.472 e. The fraction of sp³-hybridized carbons (Fsp3) is 0. The van der Waals surface area contributed by atoms with Crippen molar-refractivity contribution in [1.29, 1.82) is 0 Å². The summed E-state index contributed by atoms with van der Waals surface area (Å²) in [5, 5.41) is 2.60. The predicted octanol–water partition coefficient (Wildman–Crippen LogP) is 1.51. The number of nitrogens with one attached hydrogen (secondary N) is 1. The molecule has 0 bridgehead atoms. The van der Waals surface area contributed by atoms with Crippen LogP contribution in [0.25, 0.3) is 0 Å². The van der Waals surface area contributed by atoms with Crippen molar-refractivity contribution >= 4 is 17.5 Å². The summed E-state index contributed by atoms with van der Waals surface area (Å²) in [4.78, 5) is 15.5. The molecule has 0 aliphatic rings. The number of carbonyl (C=O) groups excluding carboxylic acids is 1. The number of amides is 1. The second-order valence-corrected chi connectivity index (χ2v) is 2.91. The van der Waals surface area contributed by atoms with E-state index in [0.717, 1.165) is 0 Å². The SMILES string of the molecule is Nc1cccc(NC(=O)c2ccoc2)n1. The van der Waals surface area contributed by atoms with E-state index in [0.29, 0.717) is 17.2 Å². The van der Waals surface area contributed by atoms with Crippen molar-refractivity contribution in [2.45, 2.75) is 0 Å². The summed E-state index contributed by atoms with van der Waals surface area (Å²) in [6, 6.07) is 6.59. The van der Waals surface area contributed by atoms with Crippen molar-refractivity contribution in [2.24, 2.45) is 0 Å². The molecule has 5 heteroatoms. The van der Waals surface area contributed by atoms with Gasteiger partial charge < -0.3 is 15.5 Å². The zero-order valence-corrected chi connectivity index (χ0v) is 7.81. The summed E-state index contributed by atoms with van der Waals surface area (Å²) in [6.07, 6.45) is 2.79.